The minimum absolute atomic E-state index is 0.118. The van der Waals surface area contributed by atoms with Crippen molar-refractivity contribution in [3.63, 3.8) is 0 Å². The first-order valence-corrected chi connectivity index (χ1v) is 12.8. The lowest BCUT2D eigenvalue weighted by Crippen LogP contribution is -2.34. The summed E-state index contributed by atoms with van der Waals surface area (Å²) in [5, 5.41) is 3.01. The van der Waals surface area contributed by atoms with Gasteiger partial charge in [-0.1, -0.05) is 84.6 Å². The van der Waals surface area contributed by atoms with Crippen molar-refractivity contribution in [2.45, 2.75) is 24.4 Å². The average molecular weight is 509 g/mol. The van der Waals surface area contributed by atoms with Gasteiger partial charge in [0, 0.05) is 16.0 Å². The topological polar surface area (TPSA) is 49.4 Å². The fourth-order valence-electron chi connectivity index (χ4n) is 4.20. The van der Waals surface area contributed by atoms with Gasteiger partial charge in [0.25, 0.3) is 11.8 Å². The summed E-state index contributed by atoms with van der Waals surface area (Å²) >= 11 is 1.39. The number of benzene rings is 4. The molecule has 37 heavy (non-hydrogen) atoms. The predicted molar refractivity (Wildman–Crippen MR) is 147 cm³/mol. The van der Waals surface area contributed by atoms with Crippen LogP contribution in [0.2, 0.25) is 0 Å². The van der Waals surface area contributed by atoms with Crippen molar-refractivity contribution < 1.29 is 14.0 Å². The largest absolute Gasteiger partial charge is 0.346 e. The summed E-state index contributed by atoms with van der Waals surface area (Å²) in [6.07, 6.45) is 1.81. The highest BCUT2D eigenvalue weighted by Crippen LogP contribution is 2.42. The summed E-state index contributed by atoms with van der Waals surface area (Å²) in [6.45, 7) is 2.09. The summed E-state index contributed by atoms with van der Waals surface area (Å²) in [5.41, 5.74) is 3.59. The molecular weight excluding hydrogens is 483 g/mol. The van der Waals surface area contributed by atoms with Crippen LogP contribution in [0.5, 0.6) is 0 Å². The van der Waals surface area contributed by atoms with E-state index in [0.717, 1.165) is 21.7 Å². The summed E-state index contributed by atoms with van der Waals surface area (Å²) in [4.78, 5) is 29.3. The van der Waals surface area contributed by atoms with Crippen molar-refractivity contribution in [3.05, 3.63) is 136 Å². The molecule has 2 amide bonds. The summed E-state index contributed by atoms with van der Waals surface area (Å²) in [5.74, 6) is -0.693. The van der Waals surface area contributed by atoms with Crippen LogP contribution in [0.1, 0.15) is 40.0 Å². The second-order valence-electron chi connectivity index (χ2n) is 8.79. The van der Waals surface area contributed by atoms with Crippen LogP contribution in [0.15, 0.2) is 113 Å². The Bertz CT molecular complexity index is 1470. The molecule has 1 N–H and O–H groups in total. The Kier molecular flexibility index (Phi) is 7.19. The molecule has 0 spiro atoms. The van der Waals surface area contributed by atoms with E-state index >= 15 is 0 Å². The number of anilines is 1. The Hall–Kier alpha value is -4.16. The molecule has 0 bridgehead atoms. The summed E-state index contributed by atoms with van der Waals surface area (Å²) in [7, 11) is 0. The lowest BCUT2D eigenvalue weighted by molar-refractivity contribution is -0.114. The van der Waals surface area contributed by atoms with Gasteiger partial charge in [-0.3, -0.25) is 9.59 Å². The molecule has 4 aromatic carbocycles. The van der Waals surface area contributed by atoms with E-state index in [9.17, 15) is 14.0 Å². The molecule has 1 atom stereocenters. The van der Waals surface area contributed by atoms with Crippen LogP contribution in [-0.4, -0.2) is 11.8 Å². The van der Waals surface area contributed by atoms with Crippen LogP contribution in [0.4, 0.5) is 10.1 Å². The van der Waals surface area contributed by atoms with Crippen LogP contribution in [0, 0.1) is 5.82 Å². The second kappa shape index (κ2) is 10.8. The van der Waals surface area contributed by atoms with E-state index in [2.05, 4.69) is 5.32 Å². The number of nitrogens with one attached hydrogen (secondary N) is 1. The highest BCUT2D eigenvalue weighted by Gasteiger charge is 2.29. The van der Waals surface area contributed by atoms with Gasteiger partial charge < -0.3 is 10.2 Å². The van der Waals surface area contributed by atoms with E-state index in [1.807, 2.05) is 79.7 Å². The maximum Gasteiger partial charge on any atom is 0.265 e. The molecule has 0 aromatic heterocycles. The first-order valence-electron chi connectivity index (χ1n) is 12.0. The molecule has 4 nitrogen and oxygen atoms in total. The third kappa shape index (κ3) is 5.49. The Morgan fingerprint density at radius 1 is 0.919 bits per heavy atom. The number of hydrogen-bond donors (Lipinski definition) is 1. The standard InChI is InChI=1S/C31H25FN2O2S/c1-21(23-9-3-2-4-10-23)33-30(35)24-17-15-22(16-18-24)19-29-31(36)34(20-25-11-5-6-12-26(25)32)27-13-7-8-14-28(27)37-29/h2-19,21H,20H2,1H3,(H,33,35)/b29-19-/t21-/m0/s1. The predicted octanol–water partition coefficient (Wildman–Crippen LogP) is 7.00. The van der Waals surface area contributed by atoms with Gasteiger partial charge >= 0.3 is 0 Å². The van der Waals surface area contributed by atoms with Gasteiger partial charge in [0.05, 0.1) is 23.2 Å². The zero-order chi connectivity index (χ0) is 25.8. The Morgan fingerprint density at radius 2 is 1.59 bits per heavy atom. The third-order valence-electron chi connectivity index (χ3n) is 6.24. The van der Waals surface area contributed by atoms with E-state index in [-0.39, 0.29) is 30.2 Å². The van der Waals surface area contributed by atoms with Gasteiger partial charge in [-0.15, -0.1) is 0 Å². The Balaban J connectivity index is 1.36. The van der Waals surface area contributed by atoms with Crippen molar-refractivity contribution in [1.82, 2.24) is 5.32 Å². The van der Waals surface area contributed by atoms with Gasteiger partial charge in [0.2, 0.25) is 0 Å². The van der Waals surface area contributed by atoms with Crippen LogP contribution < -0.4 is 10.2 Å². The van der Waals surface area contributed by atoms with Gasteiger partial charge in [-0.05, 0) is 54.5 Å². The normalized spacial score (nSPS) is 14.8. The van der Waals surface area contributed by atoms with E-state index in [1.54, 1.807) is 35.2 Å². The minimum Gasteiger partial charge on any atom is -0.346 e. The van der Waals surface area contributed by atoms with Gasteiger partial charge in [-0.25, -0.2) is 4.39 Å². The smallest absolute Gasteiger partial charge is 0.265 e. The van der Waals surface area contributed by atoms with E-state index < -0.39 is 0 Å². The second-order valence-corrected chi connectivity index (χ2v) is 9.87. The number of nitrogens with zero attached hydrogens (tertiary/aromatic N) is 1. The number of para-hydroxylation sites is 1. The summed E-state index contributed by atoms with van der Waals surface area (Å²) in [6, 6.07) is 30.9. The van der Waals surface area contributed by atoms with Crippen molar-refractivity contribution >= 4 is 35.3 Å². The molecule has 6 heteroatoms. The van der Waals surface area contributed by atoms with Crippen molar-refractivity contribution in [1.29, 1.82) is 0 Å². The molecule has 4 aromatic rings. The fraction of sp³-hybridized carbons (Fsp3) is 0.0968. The number of fused-ring (bicyclic) bond motifs is 1. The molecule has 5 rings (SSSR count). The molecule has 0 aliphatic carbocycles. The lowest BCUT2D eigenvalue weighted by Gasteiger charge is -2.30. The molecule has 0 fully saturated rings. The Labute approximate surface area is 219 Å². The third-order valence-corrected chi connectivity index (χ3v) is 7.31. The molecule has 1 heterocycles. The molecule has 0 unspecified atom stereocenters. The zero-order valence-corrected chi connectivity index (χ0v) is 21.0. The molecule has 1 aliphatic heterocycles. The first-order chi connectivity index (χ1) is 18.0. The van der Waals surface area contributed by atoms with Crippen LogP contribution in [-0.2, 0) is 11.3 Å². The van der Waals surface area contributed by atoms with Gasteiger partial charge in [0.15, 0.2) is 0 Å². The van der Waals surface area contributed by atoms with Crippen molar-refractivity contribution in [3.8, 4) is 0 Å². The Morgan fingerprint density at radius 3 is 2.35 bits per heavy atom. The van der Waals surface area contributed by atoms with Gasteiger partial charge in [-0.2, -0.15) is 0 Å². The quantitative estimate of drug-likeness (QED) is 0.285. The number of carbonyl (C=O) groups is 2. The molecule has 184 valence electrons. The fourth-order valence-corrected chi connectivity index (χ4v) is 5.26. The van der Waals surface area contributed by atoms with Crippen LogP contribution in [0.3, 0.4) is 0 Å². The van der Waals surface area contributed by atoms with Crippen molar-refractivity contribution in [2.75, 3.05) is 4.90 Å². The molecule has 0 saturated heterocycles. The SMILES string of the molecule is C[C@H](NC(=O)c1ccc(/C=C2\Sc3ccccc3N(Cc3ccccc3F)C2=O)cc1)c1ccccc1. The molecular formula is C31H25FN2O2S. The highest BCUT2D eigenvalue weighted by molar-refractivity contribution is 8.04. The molecule has 0 saturated carbocycles. The van der Waals surface area contributed by atoms with Crippen LogP contribution >= 0.6 is 11.8 Å². The number of carbonyl (C=O) groups excluding carboxylic acids is 2. The van der Waals surface area contributed by atoms with E-state index in [1.165, 1.54) is 17.8 Å². The maximum atomic E-state index is 14.4. The van der Waals surface area contributed by atoms with E-state index in [4.69, 9.17) is 0 Å². The first kappa shape index (κ1) is 24.5. The number of halogens is 1. The number of rotatable bonds is 6. The molecule has 0 radical (unpaired) electrons. The monoisotopic (exact) mass is 508 g/mol. The number of amides is 2. The summed E-state index contributed by atoms with van der Waals surface area (Å²) < 4.78 is 14.4. The maximum absolute atomic E-state index is 14.4. The van der Waals surface area contributed by atoms with Crippen LogP contribution in [0.25, 0.3) is 6.08 Å². The number of thioether (sulfide) groups is 1. The van der Waals surface area contributed by atoms with E-state index in [0.29, 0.717) is 16.0 Å². The lowest BCUT2D eigenvalue weighted by atomic mass is 10.1. The number of hydrogen-bond acceptors (Lipinski definition) is 3. The zero-order valence-electron chi connectivity index (χ0n) is 20.2. The van der Waals surface area contributed by atoms with Gasteiger partial charge in [0.1, 0.15) is 5.82 Å². The molecule has 1 aliphatic rings. The highest BCUT2D eigenvalue weighted by atomic mass is 32.2. The average Bonchev–Trinajstić information content (AvgIpc) is 2.93. The van der Waals surface area contributed by atoms with Crippen molar-refractivity contribution in [2.24, 2.45) is 0 Å². The minimum atomic E-state index is -0.341.